The maximum atomic E-state index is 13.2. The van der Waals surface area contributed by atoms with Gasteiger partial charge in [0, 0.05) is 38.2 Å². The van der Waals surface area contributed by atoms with E-state index >= 15 is 0 Å². The number of hydrogen-bond donors (Lipinski definition) is 0. The Kier molecular flexibility index (Phi) is 4.46. The van der Waals surface area contributed by atoms with Crippen molar-refractivity contribution in [3.05, 3.63) is 46.9 Å². The van der Waals surface area contributed by atoms with Gasteiger partial charge in [-0.1, -0.05) is 23.7 Å². The summed E-state index contributed by atoms with van der Waals surface area (Å²) in [6, 6.07) is 9.19. The summed E-state index contributed by atoms with van der Waals surface area (Å²) >= 11 is 6.27. The summed E-state index contributed by atoms with van der Waals surface area (Å²) in [6.45, 7) is 2.98. The first-order chi connectivity index (χ1) is 12.1. The summed E-state index contributed by atoms with van der Waals surface area (Å²) in [4.78, 5) is 12.9. The van der Waals surface area contributed by atoms with Crippen molar-refractivity contribution in [3.63, 3.8) is 0 Å². The SMILES string of the molecule is FC(F)c1cc(N2CCN(c3ccccc3Cl)CC2)nc(C2CC2)n1. The molecule has 1 aromatic heterocycles. The fourth-order valence-electron chi connectivity index (χ4n) is 3.15. The van der Waals surface area contributed by atoms with Gasteiger partial charge in [-0.2, -0.15) is 0 Å². The highest BCUT2D eigenvalue weighted by Crippen LogP contribution is 2.39. The number of alkyl halides is 2. The molecule has 0 N–H and O–H groups in total. The molecule has 0 amide bonds. The van der Waals surface area contributed by atoms with Crippen molar-refractivity contribution in [1.29, 1.82) is 0 Å². The Hall–Kier alpha value is -1.95. The number of benzene rings is 1. The van der Waals surface area contributed by atoms with E-state index in [4.69, 9.17) is 11.6 Å². The lowest BCUT2D eigenvalue weighted by Crippen LogP contribution is -2.47. The van der Waals surface area contributed by atoms with Crippen LogP contribution in [0.4, 0.5) is 20.3 Å². The third kappa shape index (κ3) is 3.54. The lowest BCUT2D eigenvalue weighted by atomic mass is 10.2. The predicted molar refractivity (Wildman–Crippen MR) is 94.8 cm³/mol. The third-order valence-corrected chi connectivity index (χ3v) is 5.03. The van der Waals surface area contributed by atoms with Crippen molar-refractivity contribution < 1.29 is 8.78 Å². The first-order valence-corrected chi connectivity index (χ1v) is 8.91. The molecule has 2 aliphatic rings. The van der Waals surface area contributed by atoms with Gasteiger partial charge in [-0.25, -0.2) is 18.7 Å². The van der Waals surface area contributed by atoms with Gasteiger partial charge in [-0.15, -0.1) is 0 Å². The molecule has 2 aromatic rings. The number of hydrogen-bond acceptors (Lipinski definition) is 4. The van der Waals surface area contributed by atoms with Gasteiger partial charge in [0.2, 0.25) is 0 Å². The summed E-state index contributed by atoms with van der Waals surface area (Å²) in [5, 5.41) is 0.731. The Labute approximate surface area is 150 Å². The molecule has 7 heteroatoms. The van der Waals surface area contributed by atoms with Gasteiger partial charge in [0.05, 0.1) is 10.7 Å². The summed E-state index contributed by atoms with van der Waals surface area (Å²) in [5.74, 6) is 1.44. The average Bonchev–Trinajstić information content (AvgIpc) is 3.47. The van der Waals surface area contributed by atoms with Crippen LogP contribution in [0.25, 0.3) is 0 Å². The van der Waals surface area contributed by atoms with Crippen LogP contribution in [0.2, 0.25) is 5.02 Å². The molecule has 4 nitrogen and oxygen atoms in total. The number of nitrogens with zero attached hydrogens (tertiary/aromatic N) is 4. The minimum atomic E-state index is -2.57. The van der Waals surface area contributed by atoms with E-state index in [1.54, 1.807) is 0 Å². The number of halogens is 3. The van der Waals surface area contributed by atoms with Crippen molar-refractivity contribution in [2.24, 2.45) is 0 Å². The largest absolute Gasteiger partial charge is 0.367 e. The van der Waals surface area contributed by atoms with Crippen LogP contribution in [0.5, 0.6) is 0 Å². The molecule has 1 aromatic carbocycles. The molecular weight excluding hydrogens is 346 g/mol. The summed E-state index contributed by atoms with van der Waals surface area (Å²) in [5.41, 5.74) is 0.846. The molecule has 0 radical (unpaired) electrons. The standard InChI is InChI=1S/C18H19ClF2N4/c19-13-3-1-2-4-15(13)24-7-9-25(10-8-24)16-11-14(17(20)21)22-18(23-16)12-5-6-12/h1-4,11-12,17H,5-10H2. The summed E-state index contributed by atoms with van der Waals surface area (Å²) in [6.07, 6.45) is -0.581. The molecule has 1 aliphatic heterocycles. The molecule has 0 bridgehead atoms. The predicted octanol–water partition coefficient (Wildman–Crippen LogP) is 4.27. The average molecular weight is 365 g/mol. The molecule has 1 aliphatic carbocycles. The number of piperazine rings is 1. The van der Waals surface area contributed by atoms with Gasteiger partial charge < -0.3 is 9.80 Å². The third-order valence-electron chi connectivity index (χ3n) is 4.71. The molecule has 4 rings (SSSR count). The van der Waals surface area contributed by atoms with Crippen LogP contribution in [0, 0.1) is 0 Å². The molecule has 25 heavy (non-hydrogen) atoms. The van der Waals surface area contributed by atoms with E-state index in [0.717, 1.165) is 49.7 Å². The van der Waals surface area contributed by atoms with E-state index in [2.05, 4.69) is 19.8 Å². The highest BCUT2D eigenvalue weighted by molar-refractivity contribution is 6.33. The maximum absolute atomic E-state index is 13.2. The molecule has 0 atom stereocenters. The van der Waals surface area contributed by atoms with Crippen LogP contribution in [-0.2, 0) is 0 Å². The molecule has 2 fully saturated rings. The normalized spacial score (nSPS) is 18.1. The fourth-order valence-corrected chi connectivity index (χ4v) is 3.41. The number of rotatable bonds is 4. The van der Waals surface area contributed by atoms with E-state index in [-0.39, 0.29) is 11.6 Å². The van der Waals surface area contributed by atoms with Crippen LogP contribution in [0.1, 0.15) is 36.7 Å². The highest BCUT2D eigenvalue weighted by atomic mass is 35.5. The van der Waals surface area contributed by atoms with Crippen molar-refractivity contribution in [3.8, 4) is 0 Å². The molecule has 0 spiro atoms. The zero-order chi connectivity index (χ0) is 17.4. The van der Waals surface area contributed by atoms with Gasteiger partial charge in [-0.3, -0.25) is 0 Å². The first-order valence-electron chi connectivity index (χ1n) is 8.53. The molecule has 1 saturated carbocycles. The van der Waals surface area contributed by atoms with Crippen LogP contribution in [0.15, 0.2) is 30.3 Å². The van der Waals surface area contributed by atoms with Gasteiger partial charge in [0.1, 0.15) is 17.3 Å². The van der Waals surface area contributed by atoms with Crippen molar-refractivity contribution in [2.45, 2.75) is 25.2 Å². The highest BCUT2D eigenvalue weighted by Gasteiger charge is 2.29. The Bertz CT molecular complexity index is 738. The maximum Gasteiger partial charge on any atom is 0.280 e. The Morgan fingerprint density at radius 3 is 2.32 bits per heavy atom. The monoisotopic (exact) mass is 364 g/mol. The fraction of sp³-hybridized carbons (Fsp3) is 0.444. The summed E-state index contributed by atoms with van der Waals surface area (Å²) < 4.78 is 26.3. The lowest BCUT2D eigenvalue weighted by Gasteiger charge is -2.37. The second kappa shape index (κ2) is 6.75. The minimum Gasteiger partial charge on any atom is -0.367 e. The van der Waals surface area contributed by atoms with E-state index in [1.165, 1.54) is 6.07 Å². The van der Waals surface area contributed by atoms with Gasteiger partial charge in [-0.05, 0) is 25.0 Å². The van der Waals surface area contributed by atoms with Crippen LogP contribution in [-0.4, -0.2) is 36.1 Å². The van der Waals surface area contributed by atoms with E-state index in [9.17, 15) is 8.78 Å². The van der Waals surface area contributed by atoms with Gasteiger partial charge in [0.15, 0.2) is 0 Å². The number of aromatic nitrogens is 2. The quantitative estimate of drug-likeness (QED) is 0.811. The zero-order valence-electron chi connectivity index (χ0n) is 13.7. The smallest absolute Gasteiger partial charge is 0.280 e. The van der Waals surface area contributed by atoms with E-state index in [1.807, 2.05) is 24.3 Å². The Morgan fingerprint density at radius 2 is 1.68 bits per heavy atom. The number of para-hydroxylation sites is 1. The van der Waals surface area contributed by atoms with E-state index < -0.39 is 6.43 Å². The second-order valence-corrected chi connectivity index (χ2v) is 6.92. The van der Waals surface area contributed by atoms with Gasteiger partial charge >= 0.3 is 0 Å². The van der Waals surface area contributed by atoms with Crippen molar-refractivity contribution >= 4 is 23.1 Å². The Morgan fingerprint density at radius 1 is 1.00 bits per heavy atom. The minimum absolute atomic E-state index is 0.166. The first kappa shape index (κ1) is 16.5. The molecule has 132 valence electrons. The topological polar surface area (TPSA) is 32.3 Å². The van der Waals surface area contributed by atoms with E-state index in [0.29, 0.717) is 11.6 Å². The summed E-state index contributed by atoms with van der Waals surface area (Å²) in [7, 11) is 0. The number of anilines is 2. The van der Waals surface area contributed by atoms with Gasteiger partial charge in [0.25, 0.3) is 6.43 Å². The molecular formula is C18H19ClF2N4. The van der Waals surface area contributed by atoms with Crippen LogP contribution < -0.4 is 9.80 Å². The van der Waals surface area contributed by atoms with Crippen molar-refractivity contribution in [2.75, 3.05) is 36.0 Å². The van der Waals surface area contributed by atoms with Crippen LogP contribution in [0.3, 0.4) is 0 Å². The zero-order valence-corrected chi connectivity index (χ0v) is 14.5. The Balaban J connectivity index is 1.51. The van der Waals surface area contributed by atoms with Crippen molar-refractivity contribution in [1.82, 2.24) is 9.97 Å². The van der Waals surface area contributed by atoms with Crippen LogP contribution >= 0.6 is 11.6 Å². The molecule has 1 saturated heterocycles. The lowest BCUT2D eigenvalue weighted by molar-refractivity contribution is 0.145. The molecule has 0 unspecified atom stereocenters. The molecule has 2 heterocycles. The second-order valence-electron chi connectivity index (χ2n) is 6.51.